The fourth-order valence-electron chi connectivity index (χ4n) is 4.47. The van der Waals surface area contributed by atoms with Crippen LogP contribution in [-0.2, 0) is 4.74 Å². The molecule has 0 fully saturated rings. The third kappa shape index (κ3) is 4.54. The molecule has 0 amide bonds. The molecule has 5 heteroatoms. The minimum Gasteiger partial charge on any atom is -0.462 e. The van der Waals surface area contributed by atoms with E-state index in [0.717, 1.165) is 69.4 Å². The van der Waals surface area contributed by atoms with E-state index < -0.39 is 0 Å². The van der Waals surface area contributed by atoms with Gasteiger partial charge in [-0.15, -0.1) is 0 Å². The van der Waals surface area contributed by atoms with Gasteiger partial charge in [0, 0.05) is 42.1 Å². The Labute approximate surface area is 206 Å². The lowest BCUT2D eigenvalue weighted by atomic mass is 10.0. The van der Waals surface area contributed by atoms with E-state index in [-0.39, 0.29) is 0 Å². The molecule has 0 bridgehead atoms. The van der Waals surface area contributed by atoms with Crippen LogP contribution >= 0.6 is 0 Å². The maximum Gasteiger partial charge on any atom is 0.223 e. The number of oxazole rings is 1. The highest BCUT2D eigenvalue weighted by atomic mass is 16.5. The van der Waals surface area contributed by atoms with E-state index in [0.29, 0.717) is 11.6 Å². The van der Waals surface area contributed by atoms with Gasteiger partial charge in [-0.1, -0.05) is 12.1 Å². The first-order chi connectivity index (χ1) is 16.9. The van der Waals surface area contributed by atoms with E-state index in [1.165, 1.54) is 0 Å². The average Bonchev–Trinajstić information content (AvgIpc) is 3.28. The normalized spacial score (nSPS) is 17.7. The van der Waals surface area contributed by atoms with Gasteiger partial charge < -0.3 is 18.8 Å². The zero-order valence-corrected chi connectivity index (χ0v) is 20.9. The number of rotatable bonds is 5. The monoisotopic (exact) mass is 466 g/mol. The summed E-state index contributed by atoms with van der Waals surface area (Å²) in [7, 11) is 0. The summed E-state index contributed by atoms with van der Waals surface area (Å²) >= 11 is 0. The zero-order valence-electron chi connectivity index (χ0n) is 20.9. The zero-order chi connectivity index (χ0) is 24.5. The Morgan fingerprint density at radius 3 is 2.54 bits per heavy atom. The van der Waals surface area contributed by atoms with Gasteiger partial charge in [0.1, 0.15) is 28.5 Å². The molecule has 5 rings (SSSR count). The Kier molecular flexibility index (Phi) is 6.08. The highest BCUT2D eigenvalue weighted by Crippen LogP contribution is 2.37. The minimum absolute atomic E-state index is 0.609. The summed E-state index contributed by atoms with van der Waals surface area (Å²) in [5, 5.41) is 0. The molecule has 0 unspecified atom stereocenters. The Hall–Kier alpha value is -3.99. The van der Waals surface area contributed by atoms with Gasteiger partial charge >= 0.3 is 0 Å². The van der Waals surface area contributed by atoms with Gasteiger partial charge in [0.25, 0.3) is 0 Å². The number of benzene rings is 2. The molecule has 0 saturated carbocycles. The third-order valence-electron chi connectivity index (χ3n) is 6.37. The molecule has 0 N–H and O–H groups in total. The van der Waals surface area contributed by atoms with E-state index in [1.54, 1.807) is 0 Å². The summed E-state index contributed by atoms with van der Waals surface area (Å²) < 4.78 is 18.3. The Balaban J connectivity index is 1.48. The predicted octanol–water partition coefficient (Wildman–Crippen LogP) is 7.65. The van der Waals surface area contributed by atoms with Crippen molar-refractivity contribution in [2.45, 2.75) is 34.6 Å². The quantitative estimate of drug-likeness (QED) is 0.387. The minimum atomic E-state index is 0.609. The largest absolute Gasteiger partial charge is 0.462 e. The molecular weight excluding hydrogens is 436 g/mol. The van der Waals surface area contributed by atoms with Crippen LogP contribution in [0, 0.1) is 0 Å². The van der Waals surface area contributed by atoms with Gasteiger partial charge in [0.05, 0.1) is 0 Å². The van der Waals surface area contributed by atoms with E-state index in [2.05, 4.69) is 48.9 Å². The van der Waals surface area contributed by atoms with Crippen LogP contribution in [0.15, 0.2) is 94.0 Å². The van der Waals surface area contributed by atoms with Crippen LogP contribution < -0.4 is 9.64 Å². The molecule has 0 aliphatic carbocycles. The highest BCUT2D eigenvalue weighted by molar-refractivity contribution is 5.78. The van der Waals surface area contributed by atoms with Crippen molar-refractivity contribution >= 4 is 27.9 Å². The van der Waals surface area contributed by atoms with Crippen LogP contribution in [0.1, 0.15) is 46.1 Å². The fraction of sp³-hybridized carbons (Fsp3) is 0.233. The number of aromatic nitrogens is 1. The second-order valence-electron chi connectivity index (χ2n) is 8.80. The lowest BCUT2D eigenvalue weighted by Crippen LogP contribution is -2.21. The molecule has 2 aliphatic heterocycles. The Morgan fingerprint density at radius 2 is 1.77 bits per heavy atom. The lowest BCUT2D eigenvalue weighted by Gasteiger charge is -2.25. The average molecular weight is 467 g/mol. The van der Waals surface area contributed by atoms with E-state index in [4.69, 9.17) is 13.9 Å². The molecule has 35 heavy (non-hydrogen) atoms. The van der Waals surface area contributed by atoms with Crippen molar-refractivity contribution in [3.63, 3.8) is 0 Å². The Morgan fingerprint density at radius 1 is 0.971 bits per heavy atom. The molecule has 178 valence electrons. The molecular formula is C30H30N2O3. The topological polar surface area (TPSA) is 47.7 Å². The maximum atomic E-state index is 6.31. The number of anilines is 1. The second kappa shape index (κ2) is 9.34. The molecule has 2 aliphatic rings. The van der Waals surface area contributed by atoms with Crippen LogP contribution in [0.5, 0.6) is 5.75 Å². The third-order valence-corrected chi connectivity index (χ3v) is 6.37. The van der Waals surface area contributed by atoms with Crippen molar-refractivity contribution in [3.05, 3.63) is 101 Å². The SMILES string of the molecule is CCN(CC)c1ccc2c(c1)O/C(=C/C1=CC(=C(/C)c3nc4ccccc4o3)/C=C(C)O1)C=C2C. The molecule has 2 aromatic carbocycles. The number of hydrogen-bond acceptors (Lipinski definition) is 5. The summed E-state index contributed by atoms with van der Waals surface area (Å²) in [6.07, 6.45) is 7.99. The molecule has 0 radical (unpaired) electrons. The Bertz CT molecular complexity index is 1410. The first-order valence-corrected chi connectivity index (χ1v) is 12.1. The number of para-hydroxylation sites is 2. The second-order valence-corrected chi connectivity index (χ2v) is 8.80. The number of hydrogen-bond donors (Lipinski definition) is 0. The van der Waals surface area contributed by atoms with Crippen molar-refractivity contribution in [1.29, 1.82) is 0 Å². The highest BCUT2D eigenvalue weighted by Gasteiger charge is 2.19. The van der Waals surface area contributed by atoms with E-state index in [9.17, 15) is 0 Å². The van der Waals surface area contributed by atoms with Gasteiger partial charge in [0.15, 0.2) is 5.58 Å². The fourth-order valence-corrected chi connectivity index (χ4v) is 4.47. The van der Waals surface area contributed by atoms with E-state index in [1.807, 2.05) is 62.4 Å². The van der Waals surface area contributed by atoms with Gasteiger partial charge in [-0.3, -0.25) is 0 Å². The van der Waals surface area contributed by atoms with Gasteiger partial charge in [0.2, 0.25) is 5.89 Å². The summed E-state index contributed by atoms with van der Waals surface area (Å²) in [6.45, 7) is 12.3. The maximum absolute atomic E-state index is 6.31. The van der Waals surface area contributed by atoms with Crippen LogP contribution in [0.2, 0.25) is 0 Å². The molecule has 3 heterocycles. The summed E-state index contributed by atoms with van der Waals surface area (Å²) in [5.41, 5.74) is 7.00. The lowest BCUT2D eigenvalue weighted by molar-refractivity contribution is 0.314. The molecule has 0 atom stereocenters. The van der Waals surface area contributed by atoms with Gasteiger partial charge in [-0.05, 0) is 88.3 Å². The molecule has 0 spiro atoms. The number of nitrogens with zero attached hydrogens (tertiary/aromatic N) is 2. The first kappa shape index (κ1) is 22.8. The van der Waals surface area contributed by atoms with Crippen LogP contribution in [0.3, 0.4) is 0 Å². The molecule has 3 aromatic rings. The van der Waals surface area contributed by atoms with Crippen molar-refractivity contribution in [1.82, 2.24) is 4.98 Å². The summed E-state index contributed by atoms with van der Waals surface area (Å²) in [5.74, 6) is 3.72. The van der Waals surface area contributed by atoms with Crippen LogP contribution in [0.25, 0.3) is 22.2 Å². The number of allylic oxidation sites excluding steroid dienone is 8. The van der Waals surface area contributed by atoms with Crippen LogP contribution in [-0.4, -0.2) is 18.1 Å². The van der Waals surface area contributed by atoms with Crippen LogP contribution in [0.4, 0.5) is 5.69 Å². The van der Waals surface area contributed by atoms with E-state index >= 15 is 0 Å². The van der Waals surface area contributed by atoms with Crippen molar-refractivity contribution in [2.75, 3.05) is 18.0 Å². The summed E-state index contributed by atoms with van der Waals surface area (Å²) in [4.78, 5) is 6.96. The van der Waals surface area contributed by atoms with Gasteiger partial charge in [-0.2, -0.15) is 0 Å². The van der Waals surface area contributed by atoms with Crippen molar-refractivity contribution in [3.8, 4) is 5.75 Å². The predicted molar refractivity (Wildman–Crippen MR) is 142 cm³/mol. The molecule has 1 aromatic heterocycles. The molecule has 5 nitrogen and oxygen atoms in total. The number of ether oxygens (including phenoxy) is 2. The number of fused-ring (bicyclic) bond motifs is 2. The smallest absolute Gasteiger partial charge is 0.223 e. The van der Waals surface area contributed by atoms with Gasteiger partial charge in [-0.25, -0.2) is 4.98 Å². The summed E-state index contributed by atoms with van der Waals surface area (Å²) in [6, 6.07) is 14.2. The van der Waals surface area contributed by atoms with Crippen molar-refractivity contribution < 1.29 is 13.9 Å². The standard InChI is InChI=1S/C30H30N2O3/c1-6-32(7-2)23-12-13-26-19(3)14-24(34-29(26)17-23)18-25-16-22(15-20(4)33-25)21(5)30-31-27-10-8-9-11-28(27)35-30/h8-18H,6-7H2,1-5H3/b22-21-,24-18+. The first-order valence-electron chi connectivity index (χ1n) is 12.1. The van der Waals surface area contributed by atoms with Crippen molar-refractivity contribution in [2.24, 2.45) is 0 Å². The molecule has 0 saturated heterocycles.